The summed E-state index contributed by atoms with van der Waals surface area (Å²) in [5.41, 5.74) is 0. The summed E-state index contributed by atoms with van der Waals surface area (Å²) in [5, 5.41) is 11.1. The van der Waals surface area contributed by atoms with E-state index in [9.17, 15) is 22.0 Å². The normalized spacial score (nSPS) is 20.5. The molecule has 112 valence electrons. The summed E-state index contributed by atoms with van der Waals surface area (Å²) in [7, 11) is -3.25. The summed E-state index contributed by atoms with van der Waals surface area (Å²) in [6.07, 6.45) is -2.97. The maximum absolute atomic E-state index is 12.0. The van der Waals surface area contributed by atoms with Gasteiger partial charge in [-0.05, 0) is 12.8 Å². The molecule has 1 heterocycles. The minimum atomic E-state index is -3.25. The SMILES string of the molecule is CS(=O)(=O)N1CCC(C(=O)NCC(O)C(F)F)CC1. The molecule has 1 atom stereocenters. The molecule has 1 amide bonds. The molecule has 0 aliphatic carbocycles. The van der Waals surface area contributed by atoms with Crippen LogP contribution in [0.5, 0.6) is 0 Å². The van der Waals surface area contributed by atoms with Crippen molar-refractivity contribution in [3.63, 3.8) is 0 Å². The number of hydrogen-bond donors (Lipinski definition) is 2. The number of piperidine rings is 1. The lowest BCUT2D eigenvalue weighted by molar-refractivity contribution is -0.127. The van der Waals surface area contributed by atoms with Crippen molar-refractivity contribution >= 4 is 15.9 Å². The van der Waals surface area contributed by atoms with E-state index < -0.39 is 40.9 Å². The van der Waals surface area contributed by atoms with Crippen LogP contribution in [0.25, 0.3) is 0 Å². The quantitative estimate of drug-likeness (QED) is 0.710. The highest BCUT2D eigenvalue weighted by atomic mass is 32.2. The first-order chi connectivity index (χ1) is 8.71. The molecule has 9 heteroatoms. The molecule has 0 bridgehead atoms. The fraction of sp³-hybridized carbons (Fsp3) is 0.900. The molecule has 1 saturated heterocycles. The molecule has 1 aliphatic heterocycles. The van der Waals surface area contributed by atoms with Gasteiger partial charge in [-0.15, -0.1) is 0 Å². The van der Waals surface area contributed by atoms with Gasteiger partial charge in [-0.3, -0.25) is 4.79 Å². The lowest BCUT2D eigenvalue weighted by Crippen LogP contribution is -2.44. The number of alkyl halides is 2. The second-order valence-corrected chi connectivity index (χ2v) is 6.57. The number of nitrogens with one attached hydrogen (secondary N) is 1. The van der Waals surface area contributed by atoms with E-state index in [4.69, 9.17) is 5.11 Å². The van der Waals surface area contributed by atoms with Gasteiger partial charge in [0.15, 0.2) is 0 Å². The summed E-state index contributed by atoms with van der Waals surface area (Å²) >= 11 is 0. The molecule has 1 unspecified atom stereocenters. The predicted octanol–water partition coefficient (Wildman–Crippen LogP) is -0.600. The Morgan fingerprint density at radius 2 is 1.95 bits per heavy atom. The molecule has 1 rings (SSSR count). The number of carbonyl (C=O) groups is 1. The van der Waals surface area contributed by atoms with E-state index in [-0.39, 0.29) is 13.1 Å². The molecule has 0 saturated carbocycles. The third-order valence-corrected chi connectivity index (χ3v) is 4.37. The van der Waals surface area contributed by atoms with Gasteiger partial charge >= 0.3 is 0 Å². The van der Waals surface area contributed by atoms with E-state index >= 15 is 0 Å². The zero-order chi connectivity index (χ0) is 14.6. The summed E-state index contributed by atoms with van der Waals surface area (Å²) in [4.78, 5) is 11.6. The van der Waals surface area contributed by atoms with Gasteiger partial charge in [0, 0.05) is 25.6 Å². The molecule has 19 heavy (non-hydrogen) atoms. The second-order valence-electron chi connectivity index (χ2n) is 4.58. The van der Waals surface area contributed by atoms with Crippen molar-refractivity contribution in [1.82, 2.24) is 9.62 Å². The molecule has 0 aromatic rings. The molecule has 0 aromatic carbocycles. The van der Waals surface area contributed by atoms with Gasteiger partial charge in [0.25, 0.3) is 6.43 Å². The van der Waals surface area contributed by atoms with E-state index in [1.807, 2.05) is 0 Å². The van der Waals surface area contributed by atoms with Crippen LogP contribution in [-0.4, -0.2) is 62.2 Å². The number of sulfonamides is 1. The molecule has 1 fully saturated rings. The summed E-state index contributed by atoms with van der Waals surface area (Å²) < 4.78 is 47.9. The van der Waals surface area contributed by atoms with E-state index in [1.165, 1.54) is 4.31 Å². The van der Waals surface area contributed by atoms with Crippen LogP contribution < -0.4 is 5.32 Å². The highest BCUT2D eigenvalue weighted by Crippen LogP contribution is 2.19. The lowest BCUT2D eigenvalue weighted by atomic mass is 9.97. The highest BCUT2D eigenvalue weighted by molar-refractivity contribution is 7.88. The van der Waals surface area contributed by atoms with Crippen LogP contribution >= 0.6 is 0 Å². The molecule has 2 N–H and O–H groups in total. The number of carbonyl (C=O) groups excluding carboxylic acids is 1. The number of halogens is 2. The Morgan fingerprint density at radius 1 is 1.42 bits per heavy atom. The topological polar surface area (TPSA) is 86.7 Å². The average Bonchev–Trinajstić information content (AvgIpc) is 2.34. The Bertz CT molecular complexity index is 408. The van der Waals surface area contributed by atoms with Gasteiger partial charge in [0.05, 0.1) is 6.26 Å². The Hall–Kier alpha value is -0.800. The fourth-order valence-electron chi connectivity index (χ4n) is 1.89. The zero-order valence-electron chi connectivity index (χ0n) is 10.6. The van der Waals surface area contributed by atoms with Crippen LogP contribution in [0.2, 0.25) is 0 Å². The number of nitrogens with zero attached hydrogens (tertiary/aromatic N) is 1. The van der Waals surface area contributed by atoms with Gasteiger partial charge < -0.3 is 10.4 Å². The molecule has 0 aromatic heterocycles. The van der Waals surface area contributed by atoms with Gasteiger partial charge in [-0.2, -0.15) is 0 Å². The predicted molar refractivity (Wildman–Crippen MR) is 64.2 cm³/mol. The Kier molecular flexibility index (Phi) is 5.63. The Morgan fingerprint density at radius 3 is 2.37 bits per heavy atom. The van der Waals surface area contributed by atoms with Crippen LogP contribution in [0.4, 0.5) is 8.78 Å². The number of rotatable bonds is 5. The third-order valence-electron chi connectivity index (χ3n) is 3.07. The van der Waals surface area contributed by atoms with Crippen molar-refractivity contribution in [1.29, 1.82) is 0 Å². The van der Waals surface area contributed by atoms with Gasteiger partial charge in [0.2, 0.25) is 15.9 Å². The van der Waals surface area contributed by atoms with Gasteiger partial charge in [-0.25, -0.2) is 21.5 Å². The Labute approximate surface area is 110 Å². The fourth-order valence-corrected chi connectivity index (χ4v) is 2.76. The van der Waals surface area contributed by atoms with Crippen LogP contribution in [-0.2, 0) is 14.8 Å². The van der Waals surface area contributed by atoms with E-state index in [2.05, 4.69) is 5.32 Å². The van der Waals surface area contributed by atoms with E-state index in [0.29, 0.717) is 12.8 Å². The summed E-state index contributed by atoms with van der Waals surface area (Å²) in [6.45, 7) is -0.00850. The molecule has 0 spiro atoms. The van der Waals surface area contributed by atoms with E-state index in [1.54, 1.807) is 0 Å². The van der Waals surface area contributed by atoms with Crippen LogP contribution in [0.15, 0.2) is 0 Å². The molecular weight excluding hydrogens is 282 g/mol. The maximum atomic E-state index is 12.0. The standard InChI is InChI=1S/C10H18F2N2O4S/c1-19(17,18)14-4-2-7(3-5-14)10(16)13-6-8(15)9(11)12/h7-9,15H,2-6H2,1H3,(H,13,16). The average molecular weight is 300 g/mol. The van der Waals surface area contributed by atoms with E-state index in [0.717, 1.165) is 6.26 Å². The third kappa shape index (κ3) is 5.00. The molecule has 1 aliphatic rings. The summed E-state index contributed by atoms with van der Waals surface area (Å²) in [5.74, 6) is -0.823. The van der Waals surface area contributed by atoms with Gasteiger partial charge in [-0.1, -0.05) is 0 Å². The number of aliphatic hydroxyl groups excluding tert-OH is 1. The molecule has 6 nitrogen and oxygen atoms in total. The number of hydrogen-bond acceptors (Lipinski definition) is 4. The maximum Gasteiger partial charge on any atom is 0.265 e. The number of amides is 1. The van der Waals surface area contributed by atoms with Crippen LogP contribution in [0, 0.1) is 5.92 Å². The monoisotopic (exact) mass is 300 g/mol. The first-order valence-electron chi connectivity index (χ1n) is 5.91. The van der Waals surface area contributed by atoms with Crippen molar-refractivity contribution in [2.45, 2.75) is 25.4 Å². The number of aliphatic hydroxyl groups is 1. The first-order valence-corrected chi connectivity index (χ1v) is 7.75. The second kappa shape index (κ2) is 6.58. The summed E-state index contributed by atoms with van der Waals surface area (Å²) in [6, 6.07) is 0. The van der Waals surface area contributed by atoms with Crippen molar-refractivity contribution in [3.8, 4) is 0 Å². The lowest BCUT2D eigenvalue weighted by Gasteiger charge is -2.29. The van der Waals surface area contributed by atoms with Crippen LogP contribution in [0.1, 0.15) is 12.8 Å². The largest absolute Gasteiger partial charge is 0.385 e. The van der Waals surface area contributed by atoms with Gasteiger partial charge in [0.1, 0.15) is 6.10 Å². The Balaban J connectivity index is 2.37. The van der Waals surface area contributed by atoms with Crippen molar-refractivity contribution < 1.29 is 27.1 Å². The van der Waals surface area contributed by atoms with Crippen molar-refractivity contribution in [2.24, 2.45) is 5.92 Å². The van der Waals surface area contributed by atoms with Crippen molar-refractivity contribution in [2.75, 3.05) is 25.9 Å². The smallest absolute Gasteiger partial charge is 0.265 e. The minimum absolute atomic E-state index is 0.244. The molecular formula is C10H18F2N2O4S. The highest BCUT2D eigenvalue weighted by Gasteiger charge is 2.29. The first kappa shape index (κ1) is 16.3. The van der Waals surface area contributed by atoms with Crippen LogP contribution in [0.3, 0.4) is 0 Å². The van der Waals surface area contributed by atoms with Crippen molar-refractivity contribution in [3.05, 3.63) is 0 Å². The zero-order valence-corrected chi connectivity index (χ0v) is 11.4. The molecule has 0 radical (unpaired) electrons. The minimum Gasteiger partial charge on any atom is -0.385 e.